The summed E-state index contributed by atoms with van der Waals surface area (Å²) >= 11 is 0. The van der Waals surface area contributed by atoms with Crippen LogP contribution >= 0.6 is 0 Å². The molecular weight excluding hydrogens is 374 g/mol. The number of fused-ring (bicyclic) bond motifs is 1. The van der Waals surface area contributed by atoms with Gasteiger partial charge in [0, 0.05) is 17.7 Å². The van der Waals surface area contributed by atoms with E-state index < -0.39 is 6.04 Å². The molecule has 2 aromatic rings. The van der Waals surface area contributed by atoms with E-state index in [1.165, 1.54) is 0 Å². The number of nitrogen functional groups attached to an aromatic ring is 2. The Balaban J connectivity index is 2.05. The molecular formula is C18H17N9O2. The number of rotatable bonds is 4. The van der Waals surface area contributed by atoms with Gasteiger partial charge in [-0.1, -0.05) is 12.1 Å². The maximum Gasteiger partial charge on any atom is 0.251 e. The normalized spacial score (nSPS) is 14.4. The number of aliphatic hydroxyl groups excluding tert-OH is 1. The SMILES string of the molecule is N#CNC1=NC(c2ccc(C(=O)NCCO)cc2)c2c(nc(N)c(C#N)c2N)N1. The maximum absolute atomic E-state index is 12.0. The van der Waals surface area contributed by atoms with Crippen LogP contribution in [0, 0.1) is 22.8 Å². The van der Waals surface area contributed by atoms with Crippen LogP contribution in [0.5, 0.6) is 0 Å². The number of aliphatic hydroxyl groups is 1. The monoisotopic (exact) mass is 391 g/mol. The lowest BCUT2D eigenvalue weighted by Crippen LogP contribution is -2.32. The van der Waals surface area contributed by atoms with Crippen molar-refractivity contribution in [2.75, 3.05) is 29.9 Å². The van der Waals surface area contributed by atoms with Gasteiger partial charge in [0.25, 0.3) is 5.91 Å². The molecule has 8 N–H and O–H groups in total. The topological polar surface area (TPSA) is 198 Å². The Hall–Kier alpha value is -4.35. The summed E-state index contributed by atoms with van der Waals surface area (Å²) in [5, 5.41) is 34.9. The molecule has 3 rings (SSSR count). The lowest BCUT2D eigenvalue weighted by atomic mass is 9.94. The second kappa shape index (κ2) is 8.12. The first kappa shape index (κ1) is 19.4. The summed E-state index contributed by atoms with van der Waals surface area (Å²) < 4.78 is 0. The van der Waals surface area contributed by atoms with Crippen molar-refractivity contribution in [3.05, 3.63) is 46.5 Å². The highest BCUT2D eigenvalue weighted by molar-refractivity contribution is 5.98. The Morgan fingerprint density at radius 1 is 1.28 bits per heavy atom. The van der Waals surface area contributed by atoms with Crippen molar-refractivity contribution in [3.63, 3.8) is 0 Å². The molecule has 1 amide bonds. The van der Waals surface area contributed by atoms with Gasteiger partial charge < -0.3 is 27.2 Å². The molecule has 1 aromatic carbocycles. The predicted molar refractivity (Wildman–Crippen MR) is 105 cm³/mol. The van der Waals surface area contributed by atoms with E-state index in [4.69, 9.17) is 21.8 Å². The summed E-state index contributed by atoms with van der Waals surface area (Å²) in [5.74, 6) is 0.0590. The van der Waals surface area contributed by atoms with E-state index >= 15 is 0 Å². The Bertz CT molecular complexity index is 1060. The van der Waals surface area contributed by atoms with Crippen molar-refractivity contribution in [2.45, 2.75) is 6.04 Å². The largest absolute Gasteiger partial charge is 0.397 e. The zero-order valence-corrected chi connectivity index (χ0v) is 15.1. The van der Waals surface area contributed by atoms with Crippen molar-refractivity contribution in [2.24, 2.45) is 4.99 Å². The Morgan fingerprint density at radius 2 is 2.00 bits per heavy atom. The second-order valence-electron chi connectivity index (χ2n) is 6.00. The number of nitrogens with two attached hydrogens (primary N) is 2. The fourth-order valence-electron chi connectivity index (χ4n) is 2.91. The number of anilines is 3. The average molecular weight is 391 g/mol. The van der Waals surface area contributed by atoms with Crippen LogP contribution in [0.1, 0.15) is 33.1 Å². The Labute approximate surface area is 165 Å². The van der Waals surface area contributed by atoms with Gasteiger partial charge in [-0.05, 0) is 17.7 Å². The number of nitrogens with one attached hydrogen (secondary N) is 3. The van der Waals surface area contributed by atoms with Crippen LogP contribution in [0.15, 0.2) is 29.3 Å². The molecule has 29 heavy (non-hydrogen) atoms. The molecule has 1 unspecified atom stereocenters. The van der Waals surface area contributed by atoms with Crippen LogP contribution in [-0.4, -0.2) is 35.1 Å². The molecule has 0 radical (unpaired) electrons. The van der Waals surface area contributed by atoms with Crippen molar-refractivity contribution in [1.82, 2.24) is 15.6 Å². The van der Waals surface area contributed by atoms with Gasteiger partial charge in [-0.2, -0.15) is 10.5 Å². The fourth-order valence-corrected chi connectivity index (χ4v) is 2.91. The van der Waals surface area contributed by atoms with Gasteiger partial charge >= 0.3 is 0 Å². The maximum atomic E-state index is 12.0. The third kappa shape index (κ3) is 3.71. The van der Waals surface area contributed by atoms with Crippen LogP contribution in [0.4, 0.5) is 17.3 Å². The van der Waals surface area contributed by atoms with Crippen LogP contribution in [0.25, 0.3) is 0 Å². The molecule has 0 saturated heterocycles. The van der Waals surface area contributed by atoms with E-state index in [1.807, 2.05) is 6.07 Å². The number of benzene rings is 1. The minimum atomic E-state index is -0.683. The molecule has 0 fully saturated rings. The zero-order valence-electron chi connectivity index (χ0n) is 15.1. The minimum Gasteiger partial charge on any atom is -0.397 e. The summed E-state index contributed by atoms with van der Waals surface area (Å²) in [6.07, 6.45) is 1.78. The van der Waals surface area contributed by atoms with E-state index in [9.17, 15) is 10.1 Å². The summed E-state index contributed by atoms with van der Waals surface area (Å²) in [6.45, 7) is -0.00794. The number of nitrogens with zero attached hydrogens (tertiary/aromatic N) is 4. The van der Waals surface area contributed by atoms with E-state index in [1.54, 1.807) is 30.5 Å². The summed E-state index contributed by atoms with van der Waals surface area (Å²) in [6, 6.07) is 7.82. The van der Waals surface area contributed by atoms with Gasteiger partial charge in [0.2, 0.25) is 5.96 Å². The number of carbonyl (C=O) groups excluding carboxylic acids is 1. The lowest BCUT2D eigenvalue weighted by molar-refractivity contribution is 0.0944. The van der Waals surface area contributed by atoms with Gasteiger partial charge in [0.15, 0.2) is 6.19 Å². The molecule has 146 valence electrons. The lowest BCUT2D eigenvalue weighted by Gasteiger charge is -2.26. The molecule has 1 aromatic heterocycles. The van der Waals surface area contributed by atoms with Crippen LogP contribution in [0.3, 0.4) is 0 Å². The molecule has 11 nitrogen and oxygen atoms in total. The van der Waals surface area contributed by atoms with Crippen molar-refractivity contribution < 1.29 is 9.90 Å². The fraction of sp³-hybridized carbons (Fsp3) is 0.167. The van der Waals surface area contributed by atoms with Crippen molar-refractivity contribution in [1.29, 1.82) is 10.5 Å². The van der Waals surface area contributed by atoms with Crippen LogP contribution < -0.4 is 27.4 Å². The minimum absolute atomic E-state index is 0.0379. The Morgan fingerprint density at radius 3 is 2.62 bits per heavy atom. The second-order valence-corrected chi connectivity index (χ2v) is 6.00. The number of nitriles is 2. The standard InChI is InChI=1S/C18H17N9O2/c19-7-11-13(21)12-14(25-18(24-8-20)27-16(12)26-15(11)22)9-1-3-10(4-2-9)17(29)23-5-6-28/h1-4,14,28H,5-6H2,(H,23,29)(H6,21,22,24,25,26,27). The first-order valence-electron chi connectivity index (χ1n) is 8.48. The first-order valence-corrected chi connectivity index (χ1v) is 8.48. The number of aliphatic imine (C=N–C) groups is 1. The molecule has 2 heterocycles. The number of hydrogen-bond acceptors (Lipinski definition) is 10. The molecule has 1 atom stereocenters. The van der Waals surface area contributed by atoms with E-state index in [0.29, 0.717) is 16.7 Å². The third-order valence-electron chi connectivity index (χ3n) is 4.24. The van der Waals surface area contributed by atoms with Crippen molar-refractivity contribution in [3.8, 4) is 12.3 Å². The smallest absolute Gasteiger partial charge is 0.251 e. The van der Waals surface area contributed by atoms with Crippen molar-refractivity contribution >= 4 is 29.2 Å². The average Bonchev–Trinajstić information content (AvgIpc) is 2.72. The van der Waals surface area contributed by atoms with E-state index in [2.05, 4.69) is 25.9 Å². The molecule has 0 aliphatic carbocycles. The van der Waals surface area contributed by atoms with E-state index in [-0.39, 0.29) is 47.9 Å². The van der Waals surface area contributed by atoms with Gasteiger partial charge in [-0.15, -0.1) is 0 Å². The molecule has 11 heteroatoms. The number of guanidine groups is 1. The highest BCUT2D eigenvalue weighted by Crippen LogP contribution is 2.40. The number of hydrogen-bond donors (Lipinski definition) is 6. The first-order chi connectivity index (χ1) is 14.0. The highest BCUT2D eigenvalue weighted by Gasteiger charge is 2.29. The summed E-state index contributed by atoms with van der Waals surface area (Å²) in [7, 11) is 0. The van der Waals surface area contributed by atoms with Gasteiger partial charge in [0.1, 0.15) is 29.3 Å². The molecule has 1 aliphatic heterocycles. The van der Waals surface area contributed by atoms with Crippen LogP contribution in [-0.2, 0) is 0 Å². The van der Waals surface area contributed by atoms with Gasteiger partial charge in [-0.25, -0.2) is 9.98 Å². The Kier molecular flexibility index (Phi) is 5.44. The quantitative estimate of drug-likeness (QED) is 0.301. The molecule has 0 spiro atoms. The van der Waals surface area contributed by atoms with Gasteiger partial charge in [-0.3, -0.25) is 10.1 Å². The molecule has 1 aliphatic rings. The highest BCUT2D eigenvalue weighted by atomic mass is 16.3. The number of carbonyl (C=O) groups is 1. The molecule has 0 saturated carbocycles. The van der Waals surface area contributed by atoms with Gasteiger partial charge in [0.05, 0.1) is 12.3 Å². The van der Waals surface area contributed by atoms with Crippen LogP contribution in [0.2, 0.25) is 0 Å². The summed E-state index contributed by atoms with van der Waals surface area (Å²) in [4.78, 5) is 20.6. The third-order valence-corrected chi connectivity index (χ3v) is 4.24. The van der Waals surface area contributed by atoms with E-state index in [0.717, 1.165) is 0 Å². The summed E-state index contributed by atoms with van der Waals surface area (Å²) in [5.41, 5.74) is 13.7. The number of aromatic nitrogens is 1. The number of amides is 1. The number of pyridine rings is 1. The molecule has 0 bridgehead atoms. The zero-order chi connectivity index (χ0) is 21.0. The predicted octanol–water partition coefficient (Wildman–Crippen LogP) is -0.219.